The molecule has 1 aromatic rings. The van der Waals surface area contributed by atoms with E-state index in [1.165, 1.54) is 0 Å². The molecule has 0 unspecified atom stereocenters. The third-order valence-electron chi connectivity index (χ3n) is 3.96. The van der Waals surface area contributed by atoms with Gasteiger partial charge in [0.05, 0.1) is 7.11 Å². The first kappa shape index (κ1) is 22.8. The number of phenols is 1. The summed E-state index contributed by atoms with van der Waals surface area (Å²) in [5.41, 5.74) is 1.11. The third kappa shape index (κ3) is 8.08. The summed E-state index contributed by atoms with van der Waals surface area (Å²) in [6.07, 6.45) is 3.16. The minimum Gasteiger partial charge on any atom is -0.504 e. The number of nitrogens with zero attached hydrogens (tertiary/aromatic N) is 1. The van der Waals surface area contributed by atoms with Crippen molar-refractivity contribution in [2.45, 2.75) is 40.0 Å². The lowest BCUT2D eigenvalue weighted by atomic mass is 10.0. The van der Waals surface area contributed by atoms with E-state index in [0.717, 1.165) is 50.4 Å². The van der Waals surface area contributed by atoms with E-state index in [-0.39, 0.29) is 29.7 Å². The normalized spacial score (nSPS) is 11.1. The van der Waals surface area contributed by atoms with Crippen LogP contribution in [-0.2, 0) is 6.42 Å². The monoisotopic (exact) mass is 449 g/mol. The summed E-state index contributed by atoms with van der Waals surface area (Å²) >= 11 is 0. The Labute approximate surface area is 163 Å². The number of halogens is 1. The maximum Gasteiger partial charge on any atom is 0.191 e. The Kier molecular flexibility index (Phi) is 12.5. The molecule has 0 aliphatic carbocycles. The molecule has 1 aromatic carbocycles. The molecule has 0 radical (unpaired) electrons. The van der Waals surface area contributed by atoms with Gasteiger partial charge in [-0.1, -0.05) is 32.8 Å². The third-order valence-corrected chi connectivity index (χ3v) is 3.96. The highest BCUT2D eigenvalue weighted by Gasteiger charge is 2.05. The highest BCUT2D eigenvalue weighted by atomic mass is 127. The quantitative estimate of drug-likeness (QED) is 0.307. The van der Waals surface area contributed by atoms with Crippen LogP contribution in [0, 0.1) is 5.92 Å². The van der Waals surface area contributed by atoms with Crippen LogP contribution < -0.4 is 15.4 Å². The number of ether oxygens (including phenoxy) is 1. The van der Waals surface area contributed by atoms with Crippen LogP contribution in [0.2, 0.25) is 0 Å². The standard InChI is InChI=1S/C18H31N3O2.HI/c1-5-14(6-2)13-21-18(19-7-3)20-11-10-15-8-9-16(22)17(12-15)23-4;/h8-9,12,14,22H,5-7,10-11,13H2,1-4H3,(H2,19,20,21);1H. The largest absolute Gasteiger partial charge is 0.504 e. The molecule has 0 saturated heterocycles. The minimum atomic E-state index is 0. The first-order chi connectivity index (χ1) is 11.1. The van der Waals surface area contributed by atoms with Crippen molar-refractivity contribution in [3.8, 4) is 11.5 Å². The van der Waals surface area contributed by atoms with E-state index in [4.69, 9.17) is 4.74 Å². The second-order valence-electron chi connectivity index (χ2n) is 5.59. The first-order valence-electron chi connectivity index (χ1n) is 8.52. The van der Waals surface area contributed by atoms with Crippen molar-refractivity contribution in [2.24, 2.45) is 10.9 Å². The molecule has 0 aliphatic heterocycles. The number of hydrogen-bond acceptors (Lipinski definition) is 3. The van der Waals surface area contributed by atoms with E-state index in [1.54, 1.807) is 13.2 Å². The Balaban J connectivity index is 0.00000529. The van der Waals surface area contributed by atoms with Crippen LogP contribution in [0.15, 0.2) is 23.2 Å². The van der Waals surface area contributed by atoms with Crippen molar-refractivity contribution in [1.82, 2.24) is 10.6 Å². The predicted molar refractivity (Wildman–Crippen MR) is 112 cm³/mol. The zero-order valence-corrected chi connectivity index (χ0v) is 17.6. The molecule has 138 valence electrons. The number of aliphatic imine (C=N–C) groups is 1. The van der Waals surface area contributed by atoms with Gasteiger partial charge in [-0.2, -0.15) is 0 Å². The summed E-state index contributed by atoms with van der Waals surface area (Å²) in [6, 6.07) is 5.44. The van der Waals surface area contributed by atoms with Crippen molar-refractivity contribution >= 4 is 29.9 Å². The van der Waals surface area contributed by atoms with Crippen LogP contribution in [-0.4, -0.2) is 37.8 Å². The number of rotatable bonds is 9. The van der Waals surface area contributed by atoms with Gasteiger partial charge < -0.3 is 20.5 Å². The molecule has 0 heterocycles. The van der Waals surface area contributed by atoms with Crippen molar-refractivity contribution in [1.29, 1.82) is 0 Å². The molecule has 6 heteroatoms. The topological polar surface area (TPSA) is 65.9 Å². The molecular weight excluding hydrogens is 417 g/mol. The highest BCUT2D eigenvalue weighted by Crippen LogP contribution is 2.26. The van der Waals surface area contributed by atoms with Crippen molar-refractivity contribution < 1.29 is 9.84 Å². The molecule has 24 heavy (non-hydrogen) atoms. The molecular formula is C18H32IN3O2. The number of methoxy groups -OCH3 is 1. The molecule has 0 fully saturated rings. The average Bonchev–Trinajstić information content (AvgIpc) is 2.57. The van der Waals surface area contributed by atoms with Gasteiger partial charge in [-0.25, -0.2) is 0 Å². The second kappa shape index (κ2) is 13.1. The van der Waals surface area contributed by atoms with E-state index in [9.17, 15) is 5.11 Å². The number of hydrogen-bond donors (Lipinski definition) is 3. The van der Waals surface area contributed by atoms with Crippen LogP contribution in [0.3, 0.4) is 0 Å². The van der Waals surface area contributed by atoms with Gasteiger partial charge in [-0.15, -0.1) is 24.0 Å². The minimum absolute atomic E-state index is 0. The average molecular weight is 449 g/mol. The van der Waals surface area contributed by atoms with E-state index in [0.29, 0.717) is 11.7 Å². The van der Waals surface area contributed by atoms with Crippen molar-refractivity contribution in [3.63, 3.8) is 0 Å². The molecule has 3 N–H and O–H groups in total. The number of nitrogens with one attached hydrogen (secondary N) is 2. The molecule has 0 atom stereocenters. The smallest absolute Gasteiger partial charge is 0.191 e. The van der Waals surface area contributed by atoms with Crippen LogP contribution in [0.25, 0.3) is 0 Å². The van der Waals surface area contributed by atoms with Gasteiger partial charge in [0.15, 0.2) is 17.5 Å². The SMILES string of the molecule is CCNC(=NCC(CC)CC)NCCc1ccc(O)c(OC)c1.I. The number of guanidine groups is 1. The number of phenolic OH excluding ortho intramolecular Hbond substituents is 1. The van der Waals surface area contributed by atoms with Gasteiger partial charge in [-0.05, 0) is 37.0 Å². The zero-order chi connectivity index (χ0) is 17.1. The van der Waals surface area contributed by atoms with Crippen LogP contribution in [0.4, 0.5) is 0 Å². The summed E-state index contributed by atoms with van der Waals surface area (Å²) in [7, 11) is 1.56. The Bertz CT molecular complexity index is 491. The lowest BCUT2D eigenvalue weighted by Gasteiger charge is -2.14. The fraction of sp³-hybridized carbons (Fsp3) is 0.611. The maximum absolute atomic E-state index is 9.62. The Morgan fingerprint density at radius 3 is 2.50 bits per heavy atom. The Hall–Kier alpha value is -1.18. The second-order valence-corrected chi connectivity index (χ2v) is 5.59. The highest BCUT2D eigenvalue weighted by molar-refractivity contribution is 14.0. The molecule has 5 nitrogen and oxygen atoms in total. The predicted octanol–water partition coefficient (Wildman–Crippen LogP) is 3.55. The van der Waals surface area contributed by atoms with Crippen molar-refractivity contribution in [2.75, 3.05) is 26.7 Å². The molecule has 0 aromatic heterocycles. The van der Waals surface area contributed by atoms with Gasteiger partial charge in [0, 0.05) is 19.6 Å². The lowest BCUT2D eigenvalue weighted by Crippen LogP contribution is -2.38. The molecule has 0 bridgehead atoms. The summed E-state index contributed by atoms with van der Waals surface area (Å²) in [4.78, 5) is 4.66. The zero-order valence-electron chi connectivity index (χ0n) is 15.3. The molecule has 0 aliphatic rings. The number of benzene rings is 1. The summed E-state index contributed by atoms with van der Waals surface area (Å²) in [5, 5.41) is 16.3. The fourth-order valence-electron chi connectivity index (χ4n) is 2.31. The molecule has 0 saturated carbocycles. The van der Waals surface area contributed by atoms with E-state index in [2.05, 4.69) is 36.4 Å². The van der Waals surface area contributed by atoms with Gasteiger partial charge in [0.25, 0.3) is 0 Å². The van der Waals surface area contributed by atoms with E-state index < -0.39 is 0 Å². The van der Waals surface area contributed by atoms with Gasteiger partial charge in [0.2, 0.25) is 0 Å². The Morgan fingerprint density at radius 1 is 1.21 bits per heavy atom. The van der Waals surface area contributed by atoms with E-state index in [1.807, 2.05) is 12.1 Å². The van der Waals surface area contributed by atoms with Gasteiger partial charge >= 0.3 is 0 Å². The lowest BCUT2D eigenvalue weighted by molar-refractivity contribution is 0.373. The van der Waals surface area contributed by atoms with Crippen LogP contribution in [0.5, 0.6) is 11.5 Å². The number of aromatic hydroxyl groups is 1. The molecule has 0 spiro atoms. The summed E-state index contributed by atoms with van der Waals surface area (Å²) < 4.78 is 5.13. The fourth-order valence-corrected chi connectivity index (χ4v) is 2.31. The van der Waals surface area contributed by atoms with Crippen LogP contribution in [0.1, 0.15) is 39.2 Å². The molecule has 1 rings (SSSR count). The maximum atomic E-state index is 9.62. The first-order valence-corrected chi connectivity index (χ1v) is 8.52. The van der Waals surface area contributed by atoms with Gasteiger partial charge in [0.1, 0.15) is 0 Å². The Morgan fingerprint density at radius 2 is 1.92 bits per heavy atom. The summed E-state index contributed by atoms with van der Waals surface area (Å²) in [6.45, 7) is 8.98. The van der Waals surface area contributed by atoms with E-state index >= 15 is 0 Å². The summed E-state index contributed by atoms with van der Waals surface area (Å²) in [5.74, 6) is 2.19. The van der Waals surface area contributed by atoms with Crippen LogP contribution >= 0.6 is 24.0 Å². The molecule has 0 amide bonds. The van der Waals surface area contributed by atoms with Gasteiger partial charge in [-0.3, -0.25) is 4.99 Å². The van der Waals surface area contributed by atoms with Crippen molar-refractivity contribution in [3.05, 3.63) is 23.8 Å².